The molecule has 0 atom stereocenters. The minimum atomic E-state index is -0.0338. The van der Waals surface area contributed by atoms with Crippen LogP contribution in [0.3, 0.4) is 0 Å². The van der Waals surface area contributed by atoms with E-state index in [-0.39, 0.29) is 18.1 Å². The fraction of sp³-hybridized carbons (Fsp3) is 0.143. The molecule has 0 spiro atoms. The lowest BCUT2D eigenvalue weighted by molar-refractivity contribution is -0.115. The van der Waals surface area contributed by atoms with Crippen molar-refractivity contribution < 1.29 is 9.59 Å². The van der Waals surface area contributed by atoms with Crippen molar-refractivity contribution in [2.24, 2.45) is 0 Å². The van der Waals surface area contributed by atoms with Gasteiger partial charge in [-0.2, -0.15) is 10.2 Å². The van der Waals surface area contributed by atoms with E-state index >= 15 is 0 Å². The number of amides is 1. The Morgan fingerprint density at radius 3 is 3.00 bits per heavy atom. The van der Waals surface area contributed by atoms with Gasteiger partial charge in [-0.15, -0.1) is 0 Å². The zero-order valence-electron chi connectivity index (χ0n) is 10.1. The van der Waals surface area contributed by atoms with Crippen LogP contribution in [0.1, 0.15) is 21.6 Å². The normalized spacial score (nSPS) is 12.9. The van der Waals surface area contributed by atoms with Crippen LogP contribution in [-0.4, -0.2) is 21.9 Å². The Morgan fingerprint density at radius 2 is 2.21 bits per heavy atom. The van der Waals surface area contributed by atoms with Crippen LogP contribution in [0.4, 0.5) is 5.69 Å². The highest BCUT2D eigenvalue weighted by molar-refractivity contribution is 6.02. The van der Waals surface area contributed by atoms with Gasteiger partial charge in [0.2, 0.25) is 5.91 Å². The molecule has 0 unspecified atom stereocenters. The van der Waals surface area contributed by atoms with E-state index in [1.165, 1.54) is 0 Å². The second-order valence-corrected chi connectivity index (χ2v) is 4.41. The quantitative estimate of drug-likeness (QED) is 0.839. The molecular weight excluding hydrogens is 242 g/mol. The Hall–Kier alpha value is -2.56. The first-order valence-electron chi connectivity index (χ1n) is 5.95. The van der Waals surface area contributed by atoms with E-state index in [1.54, 1.807) is 36.5 Å². The number of rotatable bonds is 3. The number of hydrogen-bond donors (Lipinski definition) is 1. The largest absolute Gasteiger partial charge is 0.326 e. The predicted molar refractivity (Wildman–Crippen MR) is 68.8 cm³/mol. The number of benzene rings is 1. The maximum absolute atomic E-state index is 12.1. The van der Waals surface area contributed by atoms with Gasteiger partial charge >= 0.3 is 0 Å². The third kappa shape index (κ3) is 2.35. The molecule has 1 aromatic heterocycles. The lowest BCUT2D eigenvalue weighted by Gasteiger charge is -2.03. The molecule has 3 rings (SSSR count). The van der Waals surface area contributed by atoms with E-state index < -0.39 is 0 Å². The molecule has 0 aliphatic carbocycles. The van der Waals surface area contributed by atoms with E-state index in [1.807, 2.05) is 0 Å². The monoisotopic (exact) mass is 253 g/mol. The lowest BCUT2D eigenvalue weighted by Crippen LogP contribution is -2.06. The number of carbonyl (C=O) groups excluding carboxylic acids is 2. The van der Waals surface area contributed by atoms with Gasteiger partial charge in [0.05, 0.1) is 18.5 Å². The Kier molecular flexibility index (Phi) is 2.79. The zero-order valence-corrected chi connectivity index (χ0v) is 10.1. The molecule has 0 radical (unpaired) electrons. The van der Waals surface area contributed by atoms with Crippen molar-refractivity contribution in [3.63, 3.8) is 0 Å². The van der Waals surface area contributed by atoms with E-state index in [0.29, 0.717) is 17.7 Å². The molecule has 0 bridgehead atoms. The molecule has 1 aromatic carbocycles. The highest BCUT2D eigenvalue weighted by Gasteiger charge is 2.19. The zero-order chi connectivity index (χ0) is 13.2. The molecule has 5 heteroatoms. The fourth-order valence-electron chi connectivity index (χ4n) is 2.10. The Labute approximate surface area is 109 Å². The summed E-state index contributed by atoms with van der Waals surface area (Å²) in [6.07, 6.45) is 2.12. The molecule has 2 heterocycles. The highest BCUT2D eigenvalue weighted by Crippen LogP contribution is 2.24. The number of ketones is 1. The summed E-state index contributed by atoms with van der Waals surface area (Å²) in [4.78, 5) is 23.4. The van der Waals surface area contributed by atoms with E-state index in [9.17, 15) is 9.59 Å². The maximum Gasteiger partial charge on any atom is 0.228 e. The van der Waals surface area contributed by atoms with Crippen LogP contribution >= 0.6 is 0 Å². The molecule has 2 aromatic rings. The van der Waals surface area contributed by atoms with Crippen LogP contribution in [0, 0.1) is 0 Å². The summed E-state index contributed by atoms with van der Waals surface area (Å²) in [7, 11) is 0. The van der Waals surface area contributed by atoms with E-state index in [2.05, 4.69) is 15.5 Å². The lowest BCUT2D eigenvalue weighted by atomic mass is 10.0. The molecule has 1 aliphatic heterocycles. The van der Waals surface area contributed by atoms with Crippen molar-refractivity contribution in [2.75, 3.05) is 5.32 Å². The number of nitrogens with zero attached hydrogens (tertiary/aromatic N) is 2. The summed E-state index contributed by atoms with van der Waals surface area (Å²) in [5.41, 5.74) is 2.90. The smallest absolute Gasteiger partial charge is 0.228 e. The van der Waals surface area contributed by atoms with Gasteiger partial charge in [0.1, 0.15) is 0 Å². The first kappa shape index (κ1) is 11.5. The average Bonchev–Trinajstić information content (AvgIpc) is 2.78. The molecule has 0 fully saturated rings. The van der Waals surface area contributed by atoms with Gasteiger partial charge in [-0.05, 0) is 35.9 Å². The first-order valence-corrected chi connectivity index (χ1v) is 5.95. The third-order valence-corrected chi connectivity index (χ3v) is 3.02. The van der Waals surface area contributed by atoms with Crippen molar-refractivity contribution >= 4 is 17.4 Å². The number of aromatic nitrogens is 2. The molecule has 1 aliphatic rings. The van der Waals surface area contributed by atoms with Crippen LogP contribution in [0.25, 0.3) is 0 Å². The number of nitrogens with one attached hydrogen (secondary N) is 1. The van der Waals surface area contributed by atoms with Gasteiger partial charge in [0, 0.05) is 17.4 Å². The summed E-state index contributed by atoms with van der Waals surface area (Å²) < 4.78 is 0. The van der Waals surface area contributed by atoms with Crippen molar-refractivity contribution in [1.82, 2.24) is 10.2 Å². The van der Waals surface area contributed by atoms with Crippen molar-refractivity contribution in [1.29, 1.82) is 0 Å². The van der Waals surface area contributed by atoms with Gasteiger partial charge in [-0.25, -0.2) is 0 Å². The Morgan fingerprint density at radius 1 is 1.32 bits per heavy atom. The molecule has 5 nitrogen and oxygen atoms in total. The summed E-state index contributed by atoms with van der Waals surface area (Å²) in [5.74, 6) is -0.0591. The number of carbonyl (C=O) groups is 2. The molecular formula is C14H11N3O2. The molecule has 1 N–H and O–H groups in total. The van der Waals surface area contributed by atoms with E-state index in [4.69, 9.17) is 0 Å². The van der Waals surface area contributed by atoms with Crippen molar-refractivity contribution in [3.8, 4) is 0 Å². The fourth-order valence-corrected chi connectivity index (χ4v) is 2.10. The molecule has 94 valence electrons. The summed E-state index contributed by atoms with van der Waals surface area (Å²) in [5, 5.41) is 10.4. The second-order valence-electron chi connectivity index (χ2n) is 4.41. The molecule has 1 amide bonds. The van der Waals surface area contributed by atoms with Crippen LogP contribution in [-0.2, 0) is 17.6 Å². The topological polar surface area (TPSA) is 72.0 Å². The third-order valence-electron chi connectivity index (χ3n) is 3.02. The SMILES string of the molecule is O=C1Cc2cc(C(=O)Cc3cccnn3)ccc2N1. The highest BCUT2D eigenvalue weighted by atomic mass is 16.1. The van der Waals surface area contributed by atoms with Crippen molar-refractivity contribution in [2.45, 2.75) is 12.8 Å². The molecule has 0 saturated heterocycles. The first-order chi connectivity index (χ1) is 9.22. The maximum atomic E-state index is 12.1. The van der Waals surface area contributed by atoms with E-state index in [0.717, 1.165) is 11.3 Å². The average molecular weight is 253 g/mol. The van der Waals surface area contributed by atoms with Gasteiger partial charge in [0.15, 0.2) is 5.78 Å². The summed E-state index contributed by atoms with van der Waals surface area (Å²) in [6, 6.07) is 8.78. The van der Waals surface area contributed by atoms with Crippen molar-refractivity contribution in [3.05, 3.63) is 53.3 Å². The number of hydrogen-bond acceptors (Lipinski definition) is 4. The minimum absolute atomic E-state index is 0.0253. The van der Waals surface area contributed by atoms with Gasteiger partial charge < -0.3 is 5.32 Å². The van der Waals surface area contributed by atoms with Gasteiger partial charge in [0.25, 0.3) is 0 Å². The van der Waals surface area contributed by atoms with Crippen LogP contribution in [0.5, 0.6) is 0 Å². The van der Waals surface area contributed by atoms with Gasteiger partial charge in [-0.3, -0.25) is 9.59 Å². The van der Waals surface area contributed by atoms with Crippen LogP contribution in [0.2, 0.25) is 0 Å². The Bertz CT molecular complexity index is 653. The number of fused-ring (bicyclic) bond motifs is 1. The molecule has 0 saturated carbocycles. The van der Waals surface area contributed by atoms with Gasteiger partial charge in [-0.1, -0.05) is 0 Å². The standard InChI is InChI=1S/C14H11N3O2/c18-13(8-11-2-1-5-15-17-11)9-3-4-12-10(6-9)7-14(19)16-12/h1-6H,7-8H2,(H,16,19). The summed E-state index contributed by atoms with van der Waals surface area (Å²) >= 11 is 0. The van der Waals surface area contributed by atoms with Crippen LogP contribution in [0.15, 0.2) is 36.5 Å². The minimum Gasteiger partial charge on any atom is -0.326 e. The predicted octanol–water partition coefficient (Wildman–Crippen LogP) is 1.40. The summed E-state index contributed by atoms with van der Waals surface area (Å²) in [6.45, 7) is 0. The number of Topliss-reactive ketones (excluding diaryl/α,β-unsaturated/α-hetero) is 1. The number of anilines is 1. The molecule has 19 heavy (non-hydrogen) atoms. The Balaban J connectivity index is 1.82. The van der Waals surface area contributed by atoms with Crippen LogP contribution < -0.4 is 5.32 Å². The second kappa shape index (κ2) is 4.61.